The fourth-order valence-electron chi connectivity index (χ4n) is 5.87. The molecule has 1 heterocycles. The molecule has 2 aliphatic carbocycles. The van der Waals surface area contributed by atoms with Crippen molar-refractivity contribution in [2.45, 2.75) is 50.5 Å². The highest BCUT2D eigenvalue weighted by atomic mass is 16.5. The lowest BCUT2D eigenvalue weighted by molar-refractivity contribution is -0.144. The highest BCUT2D eigenvalue weighted by Gasteiger charge is 2.37. The van der Waals surface area contributed by atoms with Crippen LogP contribution in [0.2, 0.25) is 0 Å². The molecule has 1 aliphatic heterocycles. The molecule has 2 fully saturated rings. The Hall–Kier alpha value is -3.35. The molecule has 0 radical (unpaired) electrons. The monoisotopic (exact) mass is 476 g/mol. The van der Waals surface area contributed by atoms with Crippen LogP contribution in [0, 0.1) is 11.8 Å². The summed E-state index contributed by atoms with van der Waals surface area (Å²) in [6.07, 6.45) is 3.54. The van der Waals surface area contributed by atoms with Gasteiger partial charge in [-0.15, -0.1) is 0 Å². The number of hydrogen-bond donors (Lipinski definition) is 2. The minimum Gasteiger partial charge on any atom is -0.481 e. The Kier molecular flexibility index (Phi) is 6.75. The van der Waals surface area contributed by atoms with Crippen LogP contribution in [0.1, 0.15) is 55.6 Å². The van der Waals surface area contributed by atoms with Gasteiger partial charge in [0.1, 0.15) is 6.61 Å². The van der Waals surface area contributed by atoms with Crippen LogP contribution in [0.4, 0.5) is 4.79 Å². The van der Waals surface area contributed by atoms with E-state index in [2.05, 4.69) is 29.6 Å². The maximum absolute atomic E-state index is 12.9. The molecule has 2 N–H and O–H groups in total. The first-order valence-corrected chi connectivity index (χ1v) is 12.6. The molecule has 0 unspecified atom stereocenters. The van der Waals surface area contributed by atoms with Crippen molar-refractivity contribution < 1.29 is 24.2 Å². The zero-order chi connectivity index (χ0) is 24.4. The molecule has 2 atom stereocenters. The molecule has 5 rings (SSSR count). The third kappa shape index (κ3) is 5.04. The Bertz CT molecular complexity index is 1060. The number of amides is 2. The van der Waals surface area contributed by atoms with E-state index in [1.54, 1.807) is 0 Å². The molecule has 0 bridgehead atoms. The summed E-state index contributed by atoms with van der Waals surface area (Å²) >= 11 is 0. The number of nitrogens with one attached hydrogen (secondary N) is 1. The molecule has 1 saturated carbocycles. The van der Waals surface area contributed by atoms with Crippen molar-refractivity contribution in [3.8, 4) is 11.1 Å². The van der Waals surface area contributed by atoms with Crippen LogP contribution in [0.5, 0.6) is 0 Å². The van der Waals surface area contributed by atoms with Crippen LogP contribution in [0.3, 0.4) is 0 Å². The summed E-state index contributed by atoms with van der Waals surface area (Å²) < 4.78 is 5.68. The topological polar surface area (TPSA) is 95.9 Å². The van der Waals surface area contributed by atoms with E-state index < -0.39 is 12.1 Å². The summed E-state index contributed by atoms with van der Waals surface area (Å²) in [7, 11) is 0. The number of likely N-dealkylation sites (tertiary alicyclic amines) is 1. The number of carbonyl (C=O) groups excluding carboxylic acids is 2. The second kappa shape index (κ2) is 10.1. The summed E-state index contributed by atoms with van der Waals surface area (Å²) in [6, 6.07) is 16.4. The van der Waals surface area contributed by atoms with E-state index in [-0.39, 0.29) is 42.7 Å². The molecule has 1 saturated heterocycles. The quantitative estimate of drug-likeness (QED) is 0.617. The Balaban J connectivity index is 1.11. The van der Waals surface area contributed by atoms with E-state index in [9.17, 15) is 14.4 Å². The van der Waals surface area contributed by atoms with E-state index in [0.717, 1.165) is 19.3 Å². The van der Waals surface area contributed by atoms with E-state index in [4.69, 9.17) is 9.84 Å². The van der Waals surface area contributed by atoms with Gasteiger partial charge in [0, 0.05) is 37.4 Å². The van der Waals surface area contributed by atoms with Gasteiger partial charge in [-0.3, -0.25) is 9.59 Å². The van der Waals surface area contributed by atoms with Gasteiger partial charge in [-0.25, -0.2) is 4.79 Å². The number of nitrogens with zero attached hydrogens (tertiary/aromatic N) is 1. The normalized spacial score (nSPS) is 21.5. The van der Waals surface area contributed by atoms with Crippen LogP contribution >= 0.6 is 0 Å². The van der Waals surface area contributed by atoms with Gasteiger partial charge < -0.3 is 20.1 Å². The predicted octanol–water partition coefficient (Wildman–Crippen LogP) is 4.41. The molecule has 0 aromatic heterocycles. The Labute approximate surface area is 205 Å². The minimum atomic E-state index is -0.788. The number of carbonyl (C=O) groups is 3. The third-order valence-corrected chi connectivity index (χ3v) is 7.72. The molecule has 0 spiro atoms. The number of aliphatic carboxylic acids is 1. The first kappa shape index (κ1) is 23.4. The Morgan fingerprint density at radius 1 is 0.971 bits per heavy atom. The molecule has 7 heteroatoms. The molecule has 7 nitrogen and oxygen atoms in total. The van der Waals surface area contributed by atoms with Gasteiger partial charge in [0.2, 0.25) is 5.91 Å². The van der Waals surface area contributed by atoms with Gasteiger partial charge in [-0.1, -0.05) is 55.0 Å². The molecule has 184 valence electrons. The number of benzene rings is 2. The van der Waals surface area contributed by atoms with Crippen LogP contribution < -0.4 is 5.32 Å². The lowest BCUT2D eigenvalue weighted by Gasteiger charge is -2.42. The maximum Gasteiger partial charge on any atom is 0.407 e. The van der Waals surface area contributed by atoms with Gasteiger partial charge >= 0.3 is 12.1 Å². The standard InChI is InChI=1S/C28H32N2O5/c31-26(32)13-12-18-15-30(16-18)27(33)19-6-5-7-20(14-19)29-28(34)35-17-25-23-10-3-1-8-21(23)22-9-2-4-11-24(22)25/h1-4,8-11,18-20,25H,5-7,12-17H2,(H,29,34)(H,31,32)/t19-,20+/m1/s1. The first-order chi connectivity index (χ1) is 17.0. The Morgan fingerprint density at radius 2 is 1.63 bits per heavy atom. The second-order valence-corrected chi connectivity index (χ2v) is 10.1. The molecule has 2 aromatic rings. The molecule has 2 amide bonds. The van der Waals surface area contributed by atoms with Gasteiger partial charge in [0.05, 0.1) is 0 Å². The fraction of sp³-hybridized carbons (Fsp3) is 0.464. The average Bonchev–Trinajstić information content (AvgIpc) is 3.15. The van der Waals surface area contributed by atoms with Crippen LogP contribution in [-0.4, -0.2) is 53.7 Å². The van der Waals surface area contributed by atoms with Gasteiger partial charge in [-0.05, 0) is 53.9 Å². The summed E-state index contributed by atoms with van der Waals surface area (Å²) in [5.41, 5.74) is 4.76. The smallest absolute Gasteiger partial charge is 0.407 e. The zero-order valence-electron chi connectivity index (χ0n) is 19.8. The van der Waals surface area contributed by atoms with Crippen LogP contribution in [-0.2, 0) is 14.3 Å². The van der Waals surface area contributed by atoms with Crippen molar-refractivity contribution in [2.75, 3.05) is 19.7 Å². The van der Waals surface area contributed by atoms with E-state index >= 15 is 0 Å². The van der Waals surface area contributed by atoms with Crippen LogP contribution in [0.15, 0.2) is 48.5 Å². The van der Waals surface area contributed by atoms with Crippen molar-refractivity contribution in [3.63, 3.8) is 0 Å². The molecule has 3 aliphatic rings. The summed E-state index contributed by atoms with van der Waals surface area (Å²) in [4.78, 5) is 38.1. The molecular formula is C28H32N2O5. The lowest BCUT2D eigenvalue weighted by Crippen LogP contribution is -2.53. The molecule has 35 heavy (non-hydrogen) atoms. The predicted molar refractivity (Wildman–Crippen MR) is 131 cm³/mol. The van der Waals surface area contributed by atoms with Crippen molar-refractivity contribution in [1.82, 2.24) is 10.2 Å². The van der Waals surface area contributed by atoms with Crippen molar-refractivity contribution >= 4 is 18.0 Å². The SMILES string of the molecule is O=C(O)CCC1CN(C(=O)[C@@H]2CCC[C@H](NC(=O)OCC3c4ccccc4-c4ccccc43)C2)C1. The van der Waals surface area contributed by atoms with Crippen molar-refractivity contribution in [1.29, 1.82) is 0 Å². The maximum atomic E-state index is 12.9. The summed E-state index contributed by atoms with van der Waals surface area (Å²) in [5.74, 6) is -0.439. The minimum absolute atomic E-state index is 0.0225. The molecule has 2 aromatic carbocycles. The van der Waals surface area contributed by atoms with Gasteiger partial charge in [0.25, 0.3) is 0 Å². The lowest BCUT2D eigenvalue weighted by atomic mass is 9.83. The Morgan fingerprint density at radius 3 is 2.29 bits per heavy atom. The van der Waals surface area contributed by atoms with Crippen LogP contribution in [0.25, 0.3) is 11.1 Å². The fourth-order valence-corrected chi connectivity index (χ4v) is 5.87. The summed E-state index contributed by atoms with van der Waals surface area (Å²) in [6.45, 7) is 1.57. The summed E-state index contributed by atoms with van der Waals surface area (Å²) in [5, 5.41) is 11.8. The van der Waals surface area contributed by atoms with Crippen molar-refractivity contribution in [3.05, 3.63) is 59.7 Å². The zero-order valence-corrected chi connectivity index (χ0v) is 19.8. The number of hydrogen-bond acceptors (Lipinski definition) is 4. The largest absolute Gasteiger partial charge is 0.481 e. The number of carboxylic acids is 1. The number of rotatable bonds is 7. The third-order valence-electron chi connectivity index (χ3n) is 7.72. The number of ether oxygens (including phenoxy) is 1. The second-order valence-electron chi connectivity index (χ2n) is 10.1. The van der Waals surface area contributed by atoms with Crippen molar-refractivity contribution in [2.24, 2.45) is 11.8 Å². The number of carboxylic acid groups (broad SMARTS) is 1. The average molecular weight is 477 g/mol. The van der Waals surface area contributed by atoms with Gasteiger partial charge in [0.15, 0.2) is 0 Å². The highest BCUT2D eigenvalue weighted by molar-refractivity contribution is 5.80. The van der Waals surface area contributed by atoms with Gasteiger partial charge in [-0.2, -0.15) is 0 Å². The highest BCUT2D eigenvalue weighted by Crippen LogP contribution is 2.44. The number of alkyl carbamates (subject to hydrolysis) is 1. The van der Waals surface area contributed by atoms with E-state index in [1.807, 2.05) is 29.2 Å². The molecular weight excluding hydrogens is 444 g/mol. The number of fused-ring (bicyclic) bond motifs is 3. The van der Waals surface area contributed by atoms with E-state index in [0.29, 0.717) is 25.9 Å². The van der Waals surface area contributed by atoms with E-state index in [1.165, 1.54) is 22.3 Å². The first-order valence-electron chi connectivity index (χ1n) is 12.6.